The van der Waals surface area contributed by atoms with E-state index in [-0.39, 0.29) is 31.4 Å². The molecular weight excluding hydrogens is 1060 g/mol. The normalized spacial score (nSPS) is 13.3. The van der Waals surface area contributed by atoms with Crippen LogP contribution in [0, 0.1) is 0 Å². The Labute approximate surface area is 471 Å². The first kappa shape index (κ1) is 63.5. The number of amides is 7. The Morgan fingerprint density at radius 1 is 0.568 bits per heavy atom. The highest BCUT2D eigenvalue weighted by molar-refractivity contribution is 7.81. The number of para-hydroxylation sites is 1. The molecule has 0 bridgehead atoms. The van der Waals surface area contributed by atoms with Crippen molar-refractivity contribution in [1.82, 2.24) is 42.2 Å². The number of rotatable bonds is 31. The lowest BCUT2D eigenvalue weighted by atomic mass is 9.98. The Morgan fingerprint density at radius 2 is 1.06 bits per heavy atom. The molecule has 0 saturated heterocycles. The molecule has 22 nitrogen and oxygen atoms in total. The second kappa shape index (κ2) is 30.9. The van der Waals surface area contributed by atoms with Crippen molar-refractivity contribution in [2.45, 2.75) is 147 Å². The lowest BCUT2D eigenvalue weighted by Crippen LogP contribution is -2.58. The lowest BCUT2D eigenvalue weighted by molar-refractivity contribution is -0.141. The third kappa shape index (κ3) is 22.4. The van der Waals surface area contributed by atoms with E-state index < -0.39 is 113 Å². The summed E-state index contributed by atoms with van der Waals surface area (Å²) in [5.74, 6) is -6.31. The smallest absolute Gasteiger partial charge is 0.446 e. The molecule has 0 spiro atoms. The van der Waals surface area contributed by atoms with Gasteiger partial charge in [0.2, 0.25) is 35.4 Å². The van der Waals surface area contributed by atoms with Gasteiger partial charge in [-0.2, -0.15) is 8.42 Å². The highest BCUT2D eigenvalue weighted by Crippen LogP contribution is 2.21. The molecule has 0 radical (unpaired) electrons. The summed E-state index contributed by atoms with van der Waals surface area (Å²) in [5, 5.41) is 29.4. The van der Waals surface area contributed by atoms with Crippen LogP contribution in [-0.4, -0.2) is 119 Å². The summed E-state index contributed by atoms with van der Waals surface area (Å²) < 4.78 is 41.4. The van der Waals surface area contributed by atoms with E-state index in [1.807, 2.05) is 92.7 Å². The highest BCUT2D eigenvalue weighted by atomic mass is 32.3. The monoisotopic (exact) mass is 1140 g/mol. The van der Waals surface area contributed by atoms with Gasteiger partial charge in [0.15, 0.2) is 0 Å². The molecule has 0 aliphatic carbocycles. The fraction of sp³-hybridized carbons (Fsp3) is 0.414. The molecule has 23 heteroatoms. The first-order valence-electron chi connectivity index (χ1n) is 26.9. The molecule has 5 rings (SSSR count). The molecule has 10 N–H and O–H groups in total. The predicted octanol–water partition coefficient (Wildman–Crippen LogP) is 4.91. The SMILES string of the molecule is CCCC[C@H](NC(=O)[C@H](Cc1ccc(OS(=O)(=O)O)cc1)NC(=O)OC(C)(C)C)C(=O)NCC(=O)N[C@@H](Cc1c[nH]c2ccccc12)C(=O)N[C@@H](CCCC)C(=O)N[C@@H](CC(=O)O)C(=O)NC(Cc1ccccc1)Cc1ccccc1. The van der Waals surface area contributed by atoms with Crippen LogP contribution in [-0.2, 0) is 74.4 Å². The minimum atomic E-state index is -4.82. The summed E-state index contributed by atoms with van der Waals surface area (Å²) in [6.45, 7) is 7.94. The molecular formula is C58H74N8O14S. The molecule has 4 aromatic carbocycles. The number of unbranched alkanes of at least 4 members (excludes halogenated alkanes) is 2. The van der Waals surface area contributed by atoms with Crippen LogP contribution in [0.1, 0.15) is 102 Å². The van der Waals surface area contributed by atoms with Crippen LogP contribution in [0.4, 0.5) is 4.79 Å². The minimum Gasteiger partial charge on any atom is -0.481 e. The molecule has 0 aliphatic heterocycles. The van der Waals surface area contributed by atoms with Crippen molar-refractivity contribution in [3.8, 4) is 5.75 Å². The molecule has 0 unspecified atom stereocenters. The van der Waals surface area contributed by atoms with E-state index in [9.17, 15) is 51.9 Å². The summed E-state index contributed by atoms with van der Waals surface area (Å²) in [4.78, 5) is 113. The van der Waals surface area contributed by atoms with Crippen LogP contribution in [0.2, 0.25) is 0 Å². The fourth-order valence-electron chi connectivity index (χ4n) is 8.79. The van der Waals surface area contributed by atoms with E-state index >= 15 is 0 Å². The maximum Gasteiger partial charge on any atom is 0.446 e. The second-order valence-electron chi connectivity index (χ2n) is 20.6. The van der Waals surface area contributed by atoms with Crippen LogP contribution in [0.15, 0.2) is 115 Å². The summed E-state index contributed by atoms with van der Waals surface area (Å²) in [6.07, 6.45) is 2.81. The molecule has 436 valence electrons. The topological polar surface area (TPSA) is 330 Å². The molecule has 5 aromatic rings. The van der Waals surface area contributed by atoms with E-state index in [0.29, 0.717) is 49.7 Å². The van der Waals surface area contributed by atoms with Crippen molar-refractivity contribution in [1.29, 1.82) is 0 Å². The zero-order valence-corrected chi connectivity index (χ0v) is 46.9. The maximum atomic E-state index is 14.5. The Hall–Kier alpha value is -8.31. The van der Waals surface area contributed by atoms with Crippen molar-refractivity contribution in [3.63, 3.8) is 0 Å². The number of benzene rings is 4. The fourth-order valence-corrected chi connectivity index (χ4v) is 9.15. The van der Waals surface area contributed by atoms with E-state index in [4.69, 9.17) is 9.29 Å². The number of aromatic amines is 1. The molecule has 0 saturated carbocycles. The Balaban J connectivity index is 1.32. The van der Waals surface area contributed by atoms with Gasteiger partial charge >= 0.3 is 22.5 Å². The summed E-state index contributed by atoms with van der Waals surface area (Å²) in [6, 6.07) is 24.1. The number of aromatic nitrogens is 1. The van der Waals surface area contributed by atoms with Gasteiger partial charge < -0.3 is 56.2 Å². The number of carboxylic acids is 1. The van der Waals surface area contributed by atoms with Crippen LogP contribution >= 0.6 is 0 Å². The number of carboxylic acid groups (broad SMARTS) is 1. The van der Waals surface area contributed by atoms with E-state index in [1.165, 1.54) is 24.3 Å². The number of aliphatic carboxylic acids is 1. The van der Waals surface area contributed by atoms with Gasteiger partial charge in [-0.3, -0.25) is 38.1 Å². The molecule has 81 heavy (non-hydrogen) atoms. The number of alkyl carbamates (subject to hydrolysis) is 1. The van der Waals surface area contributed by atoms with Crippen LogP contribution in [0.25, 0.3) is 10.9 Å². The van der Waals surface area contributed by atoms with Gasteiger partial charge in [0, 0.05) is 36.0 Å². The van der Waals surface area contributed by atoms with Crippen LogP contribution in [0.3, 0.4) is 0 Å². The van der Waals surface area contributed by atoms with Crippen molar-refractivity contribution < 1.29 is 65.4 Å². The van der Waals surface area contributed by atoms with Crippen LogP contribution < -0.4 is 41.4 Å². The molecule has 1 heterocycles. The standard InChI is InChI=1S/C58H74N8O14S/c1-6-8-23-45(63-55(73)47(66-57(75)79-58(3,4)5)32-39-26-28-42(29-27-39)80-81(76,77)78)52(70)60-36-50(67)62-48(33-40-35-59-44-25-17-16-22-43(40)44)56(74)64-46(24-9-7-2)53(71)65-49(34-51(68)69)54(72)61-41(30-37-18-12-10-13-19-37)31-38-20-14-11-15-21-38/h10-22,25-29,35,41,45-49,59H,6-9,23-24,30-34,36H2,1-5H3,(H,60,70)(H,61,72)(H,62,67)(H,63,73)(H,64,74)(H,65,71)(H,66,75)(H,68,69)(H,76,77,78)/t45-,46-,47-,48-,49-/m0/s1. The van der Waals surface area contributed by atoms with Gasteiger partial charge in [-0.1, -0.05) is 131 Å². The van der Waals surface area contributed by atoms with E-state index in [0.717, 1.165) is 22.0 Å². The molecule has 7 amide bonds. The number of carbonyl (C=O) groups excluding carboxylic acids is 7. The first-order chi connectivity index (χ1) is 38.5. The average Bonchev–Trinajstić information content (AvgIpc) is 3.82. The number of hydrogen-bond donors (Lipinski definition) is 10. The quantitative estimate of drug-likeness (QED) is 0.0264. The number of nitrogens with one attached hydrogen (secondary N) is 8. The molecule has 1 aromatic heterocycles. The van der Waals surface area contributed by atoms with Gasteiger partial charge in [-0.15, -0.1) is 0 Å². The lowest BCUT2D eigenvalue weighted by Gasteiger charge is -2.27. The molecule has 0 fully saturated rings. The zero-order valence-electron chi connectivity index (χ0n) is 46.1. The summed E-state index contributed by atoms with van der Waals surface area (Å²) in [7, 11) is -4.82. The number of carbonyl (C=O) groups is 8. The second-order valence-corrected chi connectivity index (χ2v) is 21.6. The van der Waals surface area contributed by atoms with Gasteiger partial charge in [0.1, 0.15) is 41.6 Å². The van der Waals surface area contributed by atoms with Gasteiger partial charge in [0.25, 0.3) is 0 Å². The van der Waals surface area contributed by atoms with E-state index in [1.54, 1.807) is 33.0 Å². The third-order valence-electron chi connectivity index (χ3n) is 12.7. The first-order valence-corrected chi connectivity index (χ1v) is 28.2. The average molecular weight is 1140 g/mol. The van der Waals surface area contributed by atoms with Crippen LogP contribution in [0.5, 0.6) is 5.75 Å². The maximum absolute atomic E-state index is 14.5. The zero-order chi connectivity index (χ0) is 59.1. The van der Waals surface area contributed by atoms with Gasteiger partial charge in [0.05, 0.1) is 13.0 Å². The van der Waals surface area contributed by atoms with Crippen molar-refractivity contribution in [2.75, 3.05) is 6.54 Å². The number of ether oxygens (including phenoxy) is 1. The summed E-state index contributed by atoms with van der Waals surface area (Å²) >= 11 is 0. The minimum absolute atomic E-state index is 0.0846. The number of hydrogen-bond acceptors (Lipinski definition) is 12. The number of fused-ring (bicyclic) bond motifs is 1. The Bertz CT molecular complexity index is 2980. The Kier molecular flexibility index (Phi) is 24.2. The highest BCUT2D eigenvalue weighted by Gasteiger charge is 2.33. The third-order valence-corrected chi connectivity index (χ3v) is 13.1. The van der Waals surface area contributed by atoms with Crippen molar-refractivity contribution in [3.05, 3.63) is 138 Å². The van der Waals surface area contributed by atoms with Gasteiger partial charge in [-0.05, 0) is 86.9 Å². The molecule has 0 aliphatic rings. The van der Waals surface area contributed by atoms with Crippen molar-refractivity contribution >= 4 is 68.8 Å². The van der Waals surface area contributed by atoms with E-state index in [2.05, 4.69) is 46.4 Å². The number of H-pyrrole nitrogens is 1. The largest absolute Gasteiger partial charge is 0.481 e. The van der Waals surface area contributed by atoms with Gasteiger partial charge in [-0.25, -0.2) is 4.79 Å². The molecule has 5 atom stereocenters. The van der Waals surface area contributed by atoms with Crippen molar-refractivity contribution in [2.24, 2.45) is 0 Å². The Morgan fingerprint density at radius 3 is 1.60 bits per heavy atom. The predicted molar refractivity (Wildman–Crippen MR) is 302 cm³/mol. The summed E-state index contributed by atoms with van der Waals surface area (Å²) in [5.41, 5.74) is 2.69.